The fourth-order valence-electron chi connectivity index (χ4n) is 3.03. The minimum absolute atomic E-state index is 0.157. The number of carbonyl (C=O) groups excluding carboxylic acids is 1. The number of benzene rings is 2. The summed E-state index contributed by atoms with van der Waals surface area (Å²) in [6.45, 7) is 0. The van der Waals surface area contributed by atoms with Crippen molar-refractivity contribution in [1.29, 1.82) is 0 Å². The smallest absolute Gasteiger partial charge is 0.161 e. The maximum absolute atomic E-state index is 13.2. The van der Waals surface area contributed by atoms with Gasteiger partial charge < -0.3 is 0 Å². The summed E-state index contributed by atoms with van der Waals surface area (Å²) in [5, 5.41) is 1.65. The number of hydrogen-bond donors (Lipinski definition) is 0. The van der Waals surface area contributed by atoms with E-state index in [1.807, 2.05) is 24.3 Å². The highest BCUT2D eigenvalue weighted by molar-refractivity contribution is 9.09. The number of halogens is 4. The molecule has 0 heterocycles. The molecule has 1 saturated carbocycles. The highest BCUT2D eigenvalue weighted by Crippen LogP contribution is 2.49. The van der Waals surface area contributed by atoms with Crippen molar-refractivity contribution in [1.82, 2.24) is 0 Å². The van der Waals surface area contributed by atoms with E-state index < -0.39 is 5.41 Å². The lowest BCUT2D eigenvalue weighted by Gasteiger charge is -2.42. The van der Waals surface area contributed by atoms with E-state index in [4.69, 9.17) is 34.8 Å². The van der Waals surface area contributed by atoms with Crippen molar-refractivity contribution in [3.05, 3.63) is 68.7 Å². The molecule has 2 aromatic rings. The largest absolute Gasteiger partial charge is 0.297 e. The molecule has 120 valence electrons. The average molecular weight is 433 g/mol. The van der Waals surface area contributed by atoms with Crippen LogP contribution in [0.3, 0.4) is 0 Å². The molecule has 1 fully saturated rings. The lowest BCUT2D eigenvalue weighted by molar-refractivity contribution is -0.127. The lowest BCUT2D eigenvalue weighted by Crippen LogP contribution is -2.44. The number of alkyl halides is 1. The van der Waals surface area contributed by atoms with Crippen LogP contribution in [0.1, 0.15) is 35.2 Å². The molecule has 23 heavy (non-hydrogen) atoms. The highest BCUT2D eigenvalue weighted by Gasteiger charge is 2.47. The Morgan fingerprint density at radius 2 is 1.65 bits per heavy atom. The van der Waals surface area contributed by atoms with Crippen molar-refractivity contribution < 1.29 is 4.79 Å². The zero-order valence-electron chi connectivity index (χ0n) is 12.2. The van der Waals surface area contributed by atoms with Crippen LogP contribution in [0.2, 0.25) is 15.1 Å². The molecule has 5 heteroatoms. The van der Waals surface area contributed by atoms with Crippen LogP contribution in [0.25, 0.3) is 0 Å². The third-order valence-corrected chi connectivity index (χ3v) is 6.48. The molecule has 1 aliphatic rings. The minimum atomic E-state index is -0.484. The van der Waals surface area contributed by atoms with Crippen molar-refractivity contribution in [3.63, 3.8) is 0 Å². The normalized spacial score (nSPS) is 17.4. The summed E-state index contributed by atoms with van der Waals surface area (Å²) in [4.78, 5) is 12.8. The van der Waals surface area contributed by atoms with Gasteiger partial charge in [-0.05, 0) is 48.2 Å². The summed E-state index contributed by atoms with van der Waals surface area (Å²) < 4.78 is 0. The van der Waals surface area contributed by atoms with E-state index in [-0.39, 0.29) is 10.6 Å². The number of Topliss-reactive ketones (excluding diaryl/α,β-unsaturated/α-hetero) is 1. The summed E-state index contributed by atoms with van der Waals surface area (Å²) in [6.07, 6.45) is 2.70. The summed E-state index contributed by atoms with van der Waals surface area (Å²) >= 11 is 21.6. The Balaban J connectivity index is 1.94. The molecule has 3 rings (SSSR count). The number of carbonyl (C=O) groups is 1. The van der Waals surface area contributed by atoms with Crippen molar-refractivity contribution in [2.45, 2.75) is 29.5 Å². The van der Waals surface area contributed by atoms with Gasteiger partial charge in [0.2, 0.25) is 0 Å². The van der Waals surface area contributed by atoms with E-state index in [2.05, 4.69) is 15.9 Å². The first-order chi connectivity index (χ1) is 10.9. The molecule has 0 radical (unpaired) electrons. The van der Waals surface area contributed by atoms with Gasteiger partial charge in [0.15, 0.2) is 5.78 Å². The fourth-order valence-corrected chi connectivity index (χ4v) is 4.19. The Hall–Kier alpha value is -0.540. The summed E-state index contributed by atoms with van der Waals surface area (Å²) in [5.74, 6) is 0.157. The van der Waals surface area contributed by atoms with E-state index in [1.54, 1.807) is 18.2 Å². The van der Waals surface area contributed by atoms with Gasteiger partial charge in [0.05, 0.1) is 20.3 Å². The Bertz CT molecular complexity index is 738. The van der Waals surface area contributed by atoms with Crippen molar-refractivity contribution in [2.75, 3.05) is 0 Å². The van der Waals surface area contributed by atoms with Crippen LogP contribution in [-0.2, 0) is 10.2 Å². The number of hydrogen-bond acceptors (Lipinski definition) is 1. The summed E-state index contributed by atoms with van der Waals surface area (Å²) in [6, 6.07) is 12.8. The maximum Gasteiger partial charge on any atom is 0.161 e. The zero-order chi connectivity index (χ0) is 16.6. The van der Waals surface area contributed by atoms with Gasteiger partial charge in [-0.3, -0.25) is 4.79 Å². The molecule has 1 atom stereocenters. The zero-order valence-corrected chi connectivity index (χ0v) is 16.0. The summed E-state index contributed by atoms with van der Waals surface area (Å²) in [7, 11) is 0. The molecule has 1 aliphatic carbocycles. The van der Waals surface area contributed by atoms with Crippen LogP contribution in [0, 0.1) is 0 Å². The molecule has 0 aromatic heterocycles. The Kier molecular flexibility index (Phi) is 5.08. The molecule has 0 spiro atoms. The molecule has 0 aliphatic heterocycles. The lowest BCUT2D eigenvalue weighted by atomic mass is 9.61. The van der Waals surface area contributed by atoms with Gasteiger partial charge in [-0.1, -0.05) is 75.4 Å². The first kappa shape index (κ1) is 17.3. The van der Waals surface area contributed by atoms with E-state index in [1.165, 1.54) is 0 Å². The van der Waals surface area contributed by atoms with Crippen LogP contribution in [0.5, 0.6) is 0 Å². The van der Waals surface area contributed by atoms with Crippen LogP contribution < -0.4 is 0 Å². The van der Waals surface area contributed by atoms with Crippen LogP contribution >= 0.6 is 50.7 Å². The van der Waals surface area contributed by atoms with E-state index in [0.29, 0.717) is 15.1 Å². The first-order valence-electron chi connectivity index (χ1n) is 7.33. The third-order valence-electron chi connectivity index (χ3n) is 4.54. The average Bonchev–Trinajstić information content (AvgIpc) is 2.49. The molecule has 1 nitrogen and oxygen atoms in total. The van der Waals surface area contributed by atoms with Gasteiger partial charge >= 0.3 is 0 Å². The SMILES string of the molecule is O=C(C(Br)c1ccc(Cl)cc1)C1(c2ccc(Cl)c(Cl)c2)CCC1. The molecular formula is C18H14BrCl3O. The highest BCUT2D eigenvalue weighted by atomic mass is 79.9. The van der Waals surface area contributed by atoms with Gasteiger partial charge in [0, 0.05) is 5.02 Å². The molecular weight excluding hydrogens is 418 g/mol. The molecule has 0 bridgehead atoms. The van der Waals surface area contributed by atoms with Gasteiger partial charge in [0.1, 0.15) is 0 Å². The van der Waals surface area contributed by atoms with Crippen LogP contribution in [0.4, 0.5) is 0 Å². The fraction of sp³-hybridized carbons (Fsp3) is 0.278. The first-order valence-corrected chi connectivity index (χ1v) is 9.38. The Morgan fingerprint density at radius 3 is 2.17 bits per heavy atom. The van der Waals surface area contributed by atoms with Crippen molar-refractivity contribution in [2.24, 2.45) is 0 Å². The minimum Gasteiger partial charge on any atom is -0.297 e. The molecule has 2 aromatic carbocycles. The second-order valence-electron chi connectivity index (χ2n) is 5.84. The topological polar surface area (TPSA) is 17.1 Å². The maximum atomic E-state index is 13.2. The molecule has 0 saturated heterocycles. The van der Waals surface area contributed by atoms with Crippen LogP contribution in [0.15, 0.2) is 42.5 Å². The second-order valence-corrected chi connectivity index (χ2v) is 8.01. The third kappa shape index (κ3) is 3.19. The second kappa shape index (κ2) is 6.76. The van der Waals surface area contributed by atoms with Gasteiger partial charge in [-0.15, -0.1) is 0 Å². The quantitative estimate of drug-likeness (QED) is 0.487. The molecule has 0 N–H and O–H groups in total. The van der Waals surface area contributed by atoms with Crippen molar-refractivity contribution in [3.8, 4) is 0 Å². The van der Waals surface area contributed by atoms with E-state index in [9.17, 15) is 4.79 Å². The standard InChI is InChI=1S/C18H14BrCl3O/c19-16(11-2-5-13(20)6-3-11)17(23)18(8-1-9-18)12-4-7-14(21)15(22)10-12/h2-7,10,16H,1,8-9H2. The predicted octanol–water partition coefficient (Wildman–Crippen LogP) is 6.77. The monoisotopic (exact) mass is 430 g/mol. The van der Waals surface area contributed by atoms with E-state index in [0.717, 1.165) is 30.4 Å². The molecule has 1 unspecified atom stereocenters. The van der Waals surface area contributed by atoms with Crippen molar-refractivity contribution >= 4 is 56.5 Å². The van der Waals surface area contributed by atoms with Gasteiger partial charge in [-0.2, -0.15) is 0 Å². The number of rotatable bonds is 4. The van der Waals surface area contributed by atoms with E-state index >= 15 is 0 Å². The van der Waals surface area contributed by atoms with Gasteiger partial charge in [-0.25, -0.2) is 0 Å². The van der Waals surface area contributed by atoms with Gasteiger partial charge in [0.25, 0.3) is 0 Å². The number of ketones is 1. The Morgan fingerprint density at radius 1 is 1.00 bits per heavy atom. The van der Waals surface area contributed by atoms with Crippen LogP contribution in [-0.4, -0.2) is 5.78 Å². The summed E-state index contributed by atoms with van der Waals surface area (Å²) in [5.41, 5.74) is 1.37. The Labute approximate surface area is 159 Å². The molecule has 0 amide bonds. The predicted molar refractivity (Wildman–Crippen MR) is 100 cm³/mol.